The van der Waals surface area contributed by atoms with E-state index in [-0.39, 0.29) is 0 Å². The molecule has 116 valence electrons. The summed E-state index contributed by atoms with van der Waals surface area (Å²) in [5.74, 6) is 1.85. The number of nitrogens with one attached hydrogen (secondary N) is 2. The van der Waals surface area contributed by atoms with Crippen LogP contribution in [0, 0.1) is 6.92 Å². The van der Waals surface area contributed by atoms with E-state index in [2.05, 4.69) is 25.8 Å². The molecular formula is C17H17N5O. The van der Waals surface area contributed by atoms with Gasteiger partial charge in [0.2, 0.25) is 5.95 Å². The summed E-state index contributed by atoms with van der Waals surface area (Å²) in [6, 6.07) is 15.6. The molecule has 1 heterocycles. The number of hydrogen-bond acceptors (Lipinski definition) is 6. The van der Waals surface area contributed by atoms with Crippen LogP contribution < -0.4 is 15.4 Å². The summed E-state index contributed by atoms with van der Waals surface area (Å²) in [5, 5.41) is 14.3. The monoisotopic (exact) mass is 307 g/mol. The summed E-state index contributed by atoms with van der Waals surface area (Å²) in [4.78, 5) is 4.40. The Kier molecular flexibility index (Phi) is 4.33. The number of rotatable bonds is 5. The summed E-state index contributed by atoms with van der Waals surface area (Å²) < 4.78 is 5.14. The minimum absolute atomic E-state index is 0.437. The maximum Gasteiger partial charge on any atom is 0.249 e. The van der Waals surface area contributed by atoms with Crippen molar-refractivity contribution in [2.45, 2.75) is 6.92 Å². The second-order valence-electron chi connectivity index (χ2n) is 5.01. The van der Waals surface area contributed by atoms with E-state index in [0.717, 1.165) is 17.1 Å². The molecule has 0 unspecified atom stereocenters. The lowest BCUT2D eigenvalue weighted by molar-refractivity contribution is 0.415. The van der Waals surface area contributed by atoms with Crippen molar-refractivity contribution in [3.63, 3.8) is 0 Å². The molecule has 0 aliphatic heterocycles. The summed E-state index contributed by atoms with van der Waals surface area (Å²) in [5.41, 5.74) is 3.01. The summed E-state index contributed by atoms with van der Waals surface area (Å²) in [7, 11) is 1.64. The van der Waals surface area contributed by atoms with Crippen LogP contribution in [0.5, 0.6) is 5.75 Å². The Morgan fingerprint density at radius 3 is 2.22 bits per heavy atom. The van der Waals surface area contributed by atoms with Gasteiger partial charge in [-0.25, -0.2) is 0 Å². The Morgan fingerprint density at radius 2 is 1.52 bits per heavy atom. The van der Waals surface area contributed by atoms with Crippen molar-refractivity contribution in [1.29, 1.82) is 0 Å². The lowest BCUT2D eigenvalue weighted by atomic mass is 10.2. The molecule has 0 radical (unpaired) electrons. The van der Waals surface area contributed by atoms with Crippen LogP contribution in [0.2, 0.25) is 0 Å². The van der Waals surface area contributed by atoms with E-state index >= 15 is 0 Å². The average molecular weight is 307 g/mol. The zero-order valence-electron chi connectivity index (χ0n) is 12.9. The first-order valence-corrected chi connectivity index (χ1v) is 7.17. The highest BCUT2D eigenvalue weighted by Crippen LogP contribution is 2.19. The number of ether oxygens (including phenoxy) is 1. The molecule has 0 fully saturated rings. The van der Waals surface area contributed by atoms with Crippen molar-refractivity contribution >= 4 is 23.1 Å². The van der Waals surface area contributed by atoms with E-state index in [1.807, 2.05) is 55.5 Å². The molecule has 0 bridgehead atoms. The molecule has 0 saturated carbocycles. The highest BCUT2D eigenvalue weighted by molar-refractivity contribution is 5.59. The fourth-order valence-electron chi connectivity index (χ4n) is 2.00. The fraction of sp³-hybridized carbons (Fsp3) is 0.118. The van der Waals surface area contributed by atoms with Gasteiger partial charge in [0.05, 0.1) is 13.3 Å². The Labute approximate surface area is 134 Å². The molecule has 0 aliphatic carbocycles. The average Bonchev–Trinajstić information content (AvgIpc) is 2.58. The molecule has 2 N–H and O–H groups in total. The molecular weight excluding hydrogens is 290 g/mol. The Morgan fingerprint density at radius 1 is 0.870 bits per heavy atom. The topological polar surface area (TPSA) is 72.0 Å². The van der Waals surface area contributed by atoms with Crippen LogP contribution in [0.3, 0.4) is 0 Å². The van der Waals surface area contributed by atoms with Crippen molar-refractivity contribution in [3.8, 4) is 5.75 Å². The molecule has 1 aromatic heterocycles. The summed E-state index contributed by atoms with van der Waals surface area (Å²) in [6.45, 7) is 2.04. The maximum absolute atomic E-state index is 5.14. The standard InChI is InChI=1S/C17H17N5O/c1-12-3-5-14(6-4-12)20-17-21-16(11-18-22-17)19-13-7-9-15(23-2)10-8-13/h3-11H,1-2H3,(H2,19,20,21,22). The number of methoxy groups -OCH3 is 1. The molecule has 0 spiro atoms. The van der Waals surface area contributed by atoms with E-state index in [1.165, 1.54) is 5.56 Å². The number of aryl methyl sites for hydroxylation is 1. The van der Waals surface area contributed by atoms with Crippen molar-refractivity contribution in [1.82, 2.24) is 15.2 Å². The zero-order chi connectivity index (χ0) is 16.1. The van der Waals surface area contributed by atoms with Crippen LogP contribution in [0.15, 0.2) is 54.7 Å². The van der Waals surface area contributed by atoms with Gasteiger partial charge < -0.3 is 15.4 Å². The first-order valence-electron chi connectivity index (χ1n) is 7.17. The number of hydrogen-bond donors (Lipinski definition) is 2. The molecule has 23 heavy (non-hydrogen) atoms. The third kappa shape index (κ3) is 3.94. The Bertz CT molecular complexity index is 772. The molecule has 0 aliphatic rings. The number of benzene rings is 2. The Hall–Kier alpha value is -3.15. The van der Waals surface area contributed by atoms with Crippen LogP contribution in [0.25, 0.3) is 0 Å². The lowest BCUT2D eigenvalue weighted by Gasteiger charge is -2.08. The Balaban J connectivity index is 1.72. The summed E-state index contributed by atoms with van der Waals surface area (Å²) in [6.07, 6.45) is 1.57. The van der Waals surface area contributed by atoms with Crippen molar-refractivity contribution in [2.24, 2.45) is 0 Å². The molecule has 3 rings (SSSR count). The van der Waals surface area contributed by atoms with Gasteiger partial charge in [-0.05, 0) is 43.3 Å². The van der Waals surface area contributed by atoms with Gasteiger partial charge in [0.15, 0.2) is 5.82 Å². The highest BCUT2D eigenvalue weighted by atomic mass is 16.5. The third-order valence-corrected chi connectivity index (χ3v) is 3.23. The normalized spacial score (nSPS) is 10.2. The molecule has 3 aromatic rings. The number of aromatic nitrogens is 3. The van der Waals surface area contributed by atoms with E-state index in [1.54, 1.807) is 13.3 Å². The number of anilines is 4. The molecule has 0 atom stereocenters. The van der Waals surface area contributed by atoms with Crippen LogP contribution in [0.1, 0.15) is 5.56 Å². The van der Waals surface area contributed by atoms with E-state index in [4.69, 9.17) is 4.74 Å². The van der Waals surface area contributed by atoms with E-state index in [9.17, 15) is 0 Å². The minimum atomic E-state index is 0.437. The highest BCUT2D eigenvalue weighted by Gasteiger charge is 2.02. The fourth-order valence-corrected chi connectivity index (χ4v) is 2.00. The van der Waals surface area contributed by atoms with Gasteiger partial charge in [-0.1, -0.05) is 17.7 Å². The van der Waals surface area contributed by atoms with Crippen LogP contribution in [-0.2, 0) is 0 Å². The van der Waals surface area contributed by atoms with Crippen molar-refractivity contribution in [2.75, 3.05) is 17.7 Å². The molecule has 6 heteroatoms. The number of nitrogens with zero attached hydrogens (tertiary/aromatic N) is 3. The van der Waals surface area contributed by atoms with Crippen LogP contribution in [-0.4, -0.2) is 22.3 Å². The predicted octanol–water partition coefficient (Wildman–Crippen LogP) is 3.68. The predicted molar refractivity (Wildman–Crippen MR) is 90.6 cm³/mol. The van der Waals surface area contributed by atoms with Gasteiger partial charge in [-0.2, -0.15) is 10.1 Å². The van der Waals surface area contributed by atoms with Crippen molar-refractivity contribution < 1.29 is 4.74 Å². The van der Waals surface area contributed by atoms with E-state index < -0.39 is 0 Å². The zero-order valence-corrected chi connectivity index (χ0v) is 12.9. The smallest absolute Gasteiger partial charge is 0.249 e. The van der Waals surface area contributed by atoms with Gasteiger partial charge in [0, 0.05) is 11.4 Å². The lowest BCUT2D eigenvalue weighted by Crippen LogP contribution is -2.02. The molecule has 0 saturated heterocycles. The van der Waals surface area contributed by atoms with Crippen LogP contribution >= 0.6 is 0 Å². The first-order chi connectivity index (χ1) is 11.2. The van der Waals surface area contributed by atoms with Gasteiger partial charge >= 0.3 is 0 Å². The first kappa shape index (κ1) is 14.8. The maximum atomic E-state index is 5.14. The molecule has 6 nitrogen and oxygen atoms in total. The summed E-state index contributed by atoms with van der Waals surface area (Å²) >= 11 is 0. The molecule has 2 aromatic carbocycles. The minimum Gasteiger partial charge on any atom is -0.497 e. The van der Waals surface area contributed by atoms with Gasteiger partial charge in [0.25, 0.3) is 0 Å². The quantitative estimate of drug-likeness (QED) is 0.749. The van der Waals surface area contributed by atoms with Gasteiger partial charge in [-0.15, -0.1) is 5.10 Å². The largest absolute Gasteiger partial charge is 0.497 e. The second kappa shape index (κ2) is 6.74. The van der Waals surface area contributed by atoms with Crippen molar-refractivity contribution in [3.05, 3.63) is 60.3 Å². The van der Waals surface area contributed by atoms with E-state index in [0.29, 0.717) is 11.8 Å². The SMILES string of the molecule is COc1ccc(Nc2cnnc(Nc3ccc(C)cc3)n2)cc1. The third-order valence-electron chi connectivity index (χ3n) is 3.23. The van der Waals surface area contributed by atoms with Crippen LogP contribution in [0.4, 0.5) is 23.1 Å². The second-order valence-corrected chi connectivity index (χ2v) is 5.01. The van der Waals surface area contributed by atoms with Gasteiger partial charge in [-0.3, -0.25) is 0 Å². The van der Waals surface area contributed by atoms with Gasteiger partial charge in [0.1, 0.15) is 5.75 Å². The molecule has 0 amide bonds.